The summed E-state index contributed by atoms with van der Waals surface area (Å²) in [4.78, 5) is 33.9. The molecule has 0 aliphatic heterocycles. The maximum atomic E-state index is 14.0. The molecule has 0 aromatic heterocycles. The number of benzene rings is 3. The van der Waals surface area contributed by atoms with Crippen molar-refractivity contribution in [2.75, 3.05) is 21.3 Å². The molecule has 0 aliphatic rings. The highest BCUT2D eigenvalue weighted by Gasteiger charge is 2.37. The molecule has 3 aromatic carbocycles. The van der Waals surface area contributed by atoms with Gasteiger partial charge in [0.05, 0.1) is 21.3 Å². The van der Waals surface area contributed by atoms with Gasteiger partial charge in [0.1, 0.15) is 18.9 Å². The third-order valence-corrected chi connectivity index (χ3v) is 5.86. The Morgan fingerprint density at radius 2 is 0.800 bits per heavy atom. The predicted octanol–water partition coefficient (Wildman–Crippen LogP) is 4.79. The summed E-state index contributed by atoms with van der Waals surface area (Å²) in [5.41, 5.74) is 0.607. The van der Waals surface area contributed by atoms with Crippen LogP contribution in [0, 0.1) is 0 Å². The first-order valence-electron chi connectivity index (χ1n) is 9.97. The van der Waals surface area contributed by atoms with Crippen LogP contribution in [0.5, 0.6) is 34.5 Å². The zero-order valence-electron chi connectivity index (χ0n) is 19.0. The minimum Gasteiger partial charge on any atom is -0.493 e. The molecule has 3 aromatic rings. The van der Waals surface area contributed by atoms with Crippen LogP contribution in [-0.4, -0.2) is 40.2 Å². The number of phosphoric acid groups is 1. The lowest BCUT2D eigenvalue weighted by Gasteiger charge is -2.22. The van der Waals surface area contributed by atoms with E-state index in [4.69, 9.17) is 27.8 Å². The number of rotatable bonds is 12. The Morgan fingerprint density at radius 1 is 0.514 bits per heavy atom. The number of carbonyl (C=O) groups is 3. The molecule has 0 heterocycles. The van der Waals surface area contributed by atoms with Crippen LogP contribution in [0.25, 0.3) is 0 Å². The second-order valence-corrected chi connectivity index (χ2v) is 8.25. The van der Waals surface area contributed by atoms with Crippen molar-refractivity contribution in [2.45, 2.75) is 0 Å². The van der Waals surface area contributed by atoms with E-state index in [0.717, 1.165) is 0 Å². The molecule has 0 aliphatic carbocycles. The van der Waals surface area contributed by atoms with E-state index in [1.165, 1.54) is 75.9 Å². The van der Waals surface area contributed by atoms with Gasteiger partial charge in [0.15, 0.2) is 34.5 Å². The topological polar surface area (TPSA) is 124 Å². The van der Waals surface area contributed by atoms with Crippen molar-refractivity contribution < 1.29 is 46.7 Å². The van der Waals surface area contributed by atoms with E-state index in [0.29, 0.717) is 18.9 Å². The average molecular weight is 500 g/mol. The van der Waals surface area contributed by atoms with E-state index in [1.54, 1.807) is 0 Å². The second-order valence-electron chi connectivity index (χ2n) is 6.81. The maximum Gasteiger partial charge on any atom is 0.647 e. The first kappa shape index (κ1) is 25.3. The molecule has 35 heavy (non-hydrogen) atoms. The summed E-state index contributed by atoms with van der Waals surface area (Å²) >= 11 is 0. The first-order chi connectivity index (χ1) is 16.9. The highest BCUT2D eigenvalue weighted by Crippen LogP contribution is 2.54. The molecule has 10 nitrogen and oxygen atoms in total. The summed E-state index contributed by atoms with van der Waals surface area (Å²) < 4.78 is 46.7. The molecule has 0 saturated carbocycles. The SMILES string of the molecule is COc1ccc(C=O)cc1OP(=O)(Oc1cc(C=O)ccc1OC)Oc1cc(C=O)ccc1OC. The van der Waals surface area contributed by atoms with E-state index in [9.17, 15) is 18.9 Å². The van der Waals surface area contributed by atoms with Crippen LogP contribution in [0.15, 0.2) is 54.6 Å². The van der Waals surface area contributed by atoms with Crippen LogP contribution in [0.3, 0.4) is 0 Å². The van der Waals surface area contributed by atoms with Gasteiger partial charge in [-0.3, -0.25) is 14.4 Å². The number of hydrogen-bond acceptors (Lipinski definition) is 10. The van der Waals surface area contributed by atoms with Gasteiger partial charge >= 0.3 is 7.82 Å². The molecule has 0 saturated heterocycles. The van der Waals surface area contributed by atoms with Gasteiger partial charge in [-0.25, -0.2) is 0 Å². The Bertz CT molecular complexity index is 1130. The minimum absolute atomic E-state index is 0.128. The van der Waals surface area contributed by atoms with Crippen molar-refractivity contribution in [1.29, 1.82) is 0 Å². The van der Waals surface area contributed by atoms with Gasteiger partial charge in [-0.15, -0.1) is 0 Å². The van der Waals surface area contributed by atoms with Crippen molar-refractivity contribution in [1.82, 2.24) is 0 Å². The highest BCUT2D eigenvalue weighted by atomic mass is 31.2. The van der Waals surface area contributed by atoms with Crippen LogP contribution < -0.4 is 27.8 Å². The fraction of sp³-hybridized carbons (Fsp3) is 0.125. The first-order valence-corrected chi connectivity index (χ1v) is 11.4. The third kappa shape index (κ3) is 5.99. The zero-order valence-corrected chi connectivity index (χ0v) is 19.9. The minimum atomic E-state index is -4.68. The molecule has 0 unspecified atom stereocenters. The van der Waals surface area contributed by atoms with Crippen LogP contribution in [-0.2, 0) is 4.57 Å². The van der Waals surface area contributed by atoms with Gasteiger partial charge in [0.2, 0.25) is 0 Å². The zero-order chi connectivity index (χ0) is 25.4. The Labute approximate surface area is 200 Å². The second kappa shape index (κ2) is 11.2. The van der Waals surface area contributed by atoms with E-state index >= 15 is 0 Å². The van der Waals surface area contributed by atoms with Gasteiger partial charge in [0, 0.05) is 16.7 Å². The third-order valence-electron chi connectivity index (χ3n) is 4.60. The quantitative estimate of drug-likeness (QED) is 0.253. The summed E-state index contributed by atoms with van der Waals surface area (Å²) in [5, 5.41) is 0. The number of phosphoric ester groups is 1. The molecule has 0 bridgehead atoms. The van der Waals surface area contributed by atoms with E-state index in [2.05, 4.69) is 0 Å². The standard InChI is InChI=1S/C24H21O10P/c1-29-19-7-4-16(13-25)10-22(19)32-35(28,33-23-11-17(14-26)5-8-20(23)30-2)34-24-12-18(15-27)6-9-21(24)31-3/h4-15H,1-3H3. The Kier molecular flexibility index (Phi) is 8.12. The van der Waals surface area contributed by atoms with Gasteiger partial charge in [-0.1, -0.05) is 0 Å². The van der Waals surface area contributed by atoms with Crippen molar-refractivity contribution in [3.63, 3.8) is 0 Å². The van der Waals surface area contributed by atoms with Crippen molar-refractivity contribution in [2.24, 2.45) is 0 Å². The fourth-order valence-corrected chi connectivity index (χ4v) is 4.19. The molecular weight excluding hydrogens is 479 g/mol. The Balaban J connectivity index is 2.14. The summed E-state index contributed by atoms with van der Waals surface area (Å²) in [6, 6.07) is 12.6. The number of methoxy groups -OCH3 is 3. The average Bonchev–Trinajstić information content (AvgIpc) is 2.88. The lowest BCUT2D eigenvalue weighted by molar-refractivity contribution is 0.111. The smallest absolute Gasteiger partial charge is 0.493 e. The van der Waals surface area contributed by atoms with Crippen LogP contribution >= 0.6 is 7.82 Å². The molecule has 0 atom stereocenters. The molecular formula is C24H21O10P. The van der Waals surface area contributed by atoms with Crippen molar-refractivity contribution in [3.05, 3.63) is 71.3 Å². The molecule has 0 radical (unpaired) electrons. The monoisotopic (exact) mass is 500 g/mol. The molecule has 0 spiro atoms. The van der Waals surface area contributed by atoms with Gasteiger partial charge in [-0.2, -0.15) is 4.57 Å². The molecule has 182 valence electrons. The summed E-state index contributed by atoms with van der Waals surface area (Å²) in [6.07, 6.45) is 1.68. The van der Waals surface area contributed by atoms with Crippen LogP contribution in [0.4, 0.5) is 0 Å². The van der Waals surface area contributed by atoms with Crippen molar-refractivity contribution in [3.8, 4) is 34.5 Å². The lowest BCUT2D eigenvalue weighted by atomic mass is 10.2. The molecule has 0 N–H and O–H groups in total. The molecule has 11 heteroatoms. The predicted molar refractivity (Wildman–Crippen MR) is 125 cm³/mol. The van der Waals surface area contributed by atoms with Crippen LogP contribution in [0.1, 0.15) is 31.1 Å². The van der Waals surface area contributed by atoms with E-state index in [-0.39, 0.29) is 51.2 Å². The Morgan fingerprint density at radius 3 is 1.03 bits per heavy atom. The normalized spacial score (nSPS) is 10.6. The molecule has 0 fully saturated rings. The fourth-order valence-electron chi connectivity index (χ4n) is 2.93. The largest absolute Gasteiger partial charge is 0.647 e. The van der Waals surface area contributed by atoms with E-state index in [1.807, 2.05) is 0 Å². The van der Waals surface area contributed by atoms with Gasteiger partial charge in [0.25, 0.3) is 0 Å². The molecule has 3 rings (SSSR count). The summed E-state index contributed by atoms with van der Waals surface area (Å²) in [7, 11) is -0.635. The number of aldehydes is 3. The number of hydrogen-bond donors (Lipinski definition) is 0. The van der Waals surface area contributed by atoms with Crippen LogP contribution in [0.2, 0.25) is 0 Å². The summed E-state index contributed by atoms with van der Waals surface area (Å²) in [5.74, 6) is 0.00470. The van der Waals surface area contributed by atoms with Gasteiger partial charge < -0.3 is 27.8 Å². The maximum absolute atomic E-state index is 14.0. The lowest BCUT2D eigenvalue weighted by Crippen LogP contribution is -2.10. The van der Waals surface area contributed by atoms with Gasteiger partial charge in [-0.05, 0) is 54.6 Å². The van der Waals surface area contributed by atoms with Crippen molar-refractivity contribution >= 4 is 26.7 Å². The highest BCUT2D eigenvalue weighted by molar-refractivity contribution is 7.49. The van der Waals surface area contributed by atoms with E-state index < -0.39 is 7.82 Å². The molecule has 0 amide bonds. The number of carbonyl (C=O) groups excluding carboxylic acids is 3. The number of ether oxygens (including phenoxy) is 3. The Hall–Kier alpha value is -4.30. The summed E-state index contributed by atoms with van der Waals surface area (Å²) in [6.45, 7) is 0.